The van der Waals surface area contributed by atoms with Crippen molar-refractivity contribution < 1.29 is 27.5 Å². The number of hydrogen-bond donors (Lipinski definition) is 1. The Bertz CT molecular complexity index is 1240. The zero-order valence-corrected chi connectivity index (χ0v) is 23.3. The Morgan fingerprint density at radius 3 is 2.41 bits per heavy atom. The first-order valence-electron chi connectivity index (χ1n) is 12.0. The Morgan fingerprint density at radius 2 is 1.76 bits per heavy atom. The van der Waals surface area contributed by atoms with Gasteiger partial charge in [0.15, 0.2) is 11.5 Å². The number of rotatable bonds is 11. The largest absolute Gasteiger partial charge is 0.486 e. The summed E-state index contributed by atoms with van der Waals surface area (Å²) in [7, 11) is -3.87. The third-order valence-electron chi connectivity index (χ3n) is 5.87. The van der Waals surface area contributed by atoms with Crippen LogP contribution in [0, 0.1) is 0 Å². The van der Waals surface area contributed by atoms with Crippen LogP contribution in [0.5, 0.6) is 11.5 Å². The minimum atomic E-state index is -3.87. The van der Waals surface area contributed by atoms with Crippen LogP contribution in [0.4, 0.5) is 5.69 Å². The number of benzene rings is 2. The molecule has 0 bridgehead atoms. The number of fused-ring (bicyclic) bond motifs is 1. The molecule has 1 atom stereocenters. The number of halogens is 2. The summed E-state index contributed by atoms with van der Waals surface area (Å²) in [5.74, 6) is -0.272. The maximum absolute atomic E-state index is 13.7. The first-order chi connectivity index (χ1) is 17.6. The van der Waals surface area contributed by atoms with Gasteiger partial charge in [-0.3, -0.25) is 13.9 Å². The number of nitrogens with zero attached hydrogens (tertiary/aromatic N) is 2. The average molecular weight is 573 g/mol. The fraction of sp³-hybridized carbons (Fsp3) is 0.440. The van der Waals surface area contributed by atoms with E-state index in [-0.39, 0.29) is 23.9 Å². The SMILES string of the molecule is CCCNC(=O)[C@@H](C)N(Cc1ccc(Cl)cc1Cl)C(=O)CN(c1ccc2c(c1)OCCO2)S(=O)(=O)CC. The number of hydrogen-bond acceptors (Lipinski definition) is 6. The summed E-state index contributed by atoms with van der Waals surface area (Å²) in [6.07, 6.45) is 0.724. The molecule has 0 fully saturated rings. The highest BCUT2D eigenvalue weighted by Crippen LogP contribution is 2.35. The van der Waals surface area contributed by atoms with E-state index < -0.39 is 28.5 Å². The van der Waals surface area contributed by atoms with E-state index in [0.717, 1.165) is 10.7 Å². The second-order valence-electron chi connectivity index (χ2n) is 8.46. The lowest BCUT2D eigenvalue weighted by Crippen LogP contribution is -2.51. The second kappa shape index (κ2) is 12.7. The summed E-state index contributed by atoms with van der Waals surface area (Å²) < 4.78 is 38.3. The maximum Gasteiger partial charge on any atom is 0.244 e. The van der Waals surface area contributed by atoms with Gasteiger partial charge in [-0.1, -0.05) is 36.2 Å². The molecule has 1 aliphatic rings. The van der Waals surface area contributed by atoms with Gasteiger partial charge in [-0.05, 0) is 50.1 Å². The second-order valence-corrected chi connectivity index (χ2v) is 11.5. The van der Waals surface area contributed by atoms with Crippen LogP contribution >= 0.6 is 23.2 Å². The van der Waals surface area contributed by atoms with Crippen LogP contribution in [0.3, 0.4) is 0 Å². The molecule has 0 aromatic heterocycles. The van der Waals surface area contributed by atoms with Gasteiger partial charge in [-0.25, -0.2) is 8.42 Å². The Labute approximate surface area is 227 Å². The van der Waals surface area contributed by atoms with Crippen molar-refractivity contribution in [2.24, 2.45) is 0 Å². The molecule has 0 spiro atoms. The van der Waals surface area contributed by atoms with Gasteiger partial charge in [0.05, 0.1) is 11.4 Å². The van der Waals surface area contributed by atoms with Gasteiger partial charge in [0.2, 0.25) is 21.8 Å². The van der Waals surface area contributed by atoms with Crippen molar-refractivity contribution in [3.63, 3.8) is 0 Å². The molecule has 12 heteroatoms. The first kappa shape index (κ1) is 28.9. The molecule has 3 rings (SSSR count). The molecule has 0 unspecified atom stereocenters. The molecule has 0 saturated heterocycles. The zero-order valence-electron chi connectivity index (χ0n) is 21.0. The lowest BCUT2D eigenvalue weighted by atomic mass is 10.1. The van der Waals surface area contributed by atoms with Crippen molar-refractivity contribution >= 4 is 50.7 Å². The van der Waals surface area contributed by atoms with E-state index >= 15 is 0 Å². The Morgan fingerprint density at radius 1 is 1.05 bits per heavy atom. The van der Waals surface area contributed by atoms with Crippen molar-refractivity contribution in [3.8, 4) is 11.5 Å². The molecule has 1 N–H and O–H groups in total. The van der Waals surface area contributed by atoms with Gasteiger partial charge in [-0.15, -0.1) is 0 Å². The van der Waals surface area contributed by atoms with Crippen LogP contribution in [-0.4, -0.2) is 63.2 Å². The van der Waals surface area contributed by atoms with Crippen molar-refractivity contribution in [3.05, 3.63) is 52.0 Å². The Kier molecular flexibility index (Phi) is 9.92. The topological polar surface area (TPSA) is 105 Å². The number of amides is 2. The smallest absolute Gasteiger partial charge is 0.244 e. The van der Waals surface area contributed by atoms with E-state index in [9.17, 15) is 18.0 Å². The molecule has 0 aliphatic carbocycles. The molecule has 1 aliphatic heterocycles. The third-order valence-corrected chi connectivity index (χ3v) is 8.19. The summed E-state index contributed by atoms with van der Waals surface area (Å²) in [6.45, 7) is 5.63. The average Bonchev–Trinajstić information content (AvgIpc) is 2.89. The number of carbonyl (C=O) groups is 2. The van der Waals surface area contributed by atoms with Gasteiger partial charge in [0, 0.05) is 29.2 Å². The number of anilines is 1. The predicted octanol–water partition coefficient (Wildman–Crippen LogP) is 3.86. The molecule has 0 radical (unpaired) electrons. The van der Waals surface area contributed by atoms with E-state index in [0.29, 0.717) is 46.9 Å². The van der Waals surface area contributed by atoms with E-state index in [4.69, 9.17) is 32.7 Å². The summed E-state index contributed by atoms with van der Waals surface area (Å²) in [6, 6.07) is 8.67. The van der Waals surface area contributed by atoms with Crippen LogP contribution in [0.2, 0.25) is 10.0 Å². The first-order valence-corrected chi connectivity index (χ1v) is 14.3. The maximum atomic E-state index is 13.7. The van der Waals surface area contributed by atoms with Crippen LogP contribution < -0.4 is 19.1 Å². The summed E-state index contributed by atoms with van der Waals surface area (Å²) >= 11 is 12.4. The van der Waals surface area contributed by atoms with Crippen LogP contribution in [0.1, 0.15) is 32.8 Å². The molecule has 37 heavy (non-hydrogen) atoms. The monoisotopic (exact) mass is 571 g/mol. The molecular weight excluding hydrogens is 541 g/mol. The standard InChI is InChI=1S/C25H31Cl2N3O6S/c1-4-10-28-25(32)17(3)29(15-18-6-7-19(26)13-21(18)27)24(31)16-30(37(33,34)5-2)20-8-9-22-23(14-20)36-12-11-35-22/h6-9,13-14,17H,4-5,10-12,15-16H2,1-3H3,(H,28,32)/t17-/m1/s1. The molecule has 9 nitrogen and oxygen atoms in total. The van der Waals surface area contributed by atoms with Gasteiger partial charge < -0.3 is 19.7 Å². The quantitative estimate of drug-likeness (QED) is 0.439. The highest BCUT2D eigenvalue weighted by atomic mass is 35.5. The summed E-state index contributed by atoms with van der Waals surface area (Å²) in [4.78, 5) is 27.8. The van der Waals surface area contributed by atoms with Gasteiger partial charge in [-0.2, -0.15) is 0 Å². The van der Waals surface area contributed by atoms with E-state index in [2.05, 4.69) is 5.32 Å². The van der Waals surface area contributed by atoms with Crippen molar-refractivity contribution in [1.82, 2.24) is 10.2 Å². The summed E-state index contributed by atoms with van der Waals surface area (Å²) in [5, 5.41) is 3.55. The fourth-order valence-electron chi connectivity index (χ4n) is 3.72. The molecule has 2 amide bonds. The lowest BCUT2D eigenvalue weighted by molar-refractivity contribution is -0.139. The van der Waals surface area contributed by atoms with Gasteiger partial charge in [0.1, 0.15) is 25.8 Å². The van der Waals surface area contributed by atoms with Crippen molar-refractivity contribution in [2.75, 3.05) is 36.4 Å². The molecule has 1 heterocycles. The molecular formula is C25H31Cl2N3O6S. The molecule has 2 aromatic rings. The van der Waals surface area contributed by atoms with Crippen molar-refractivity contribution in [2.45, 2.75) is 39.8 Å². The predicted molar refractivity (Wildman–Crippen MR) is 144 cm³/mol. The van der Waals surface area contributed by atoms with Crippen molar-refractivity contribution in [1.29, 1.82) is 0 Å². The van der Waals surface area contributed by atoms with E-state index in [1.807, 2.05) is 6.92 Å². The minimum Gasteiger partial charge on any atom is -0.486 e. The normalized spacial score (nSPS) is 13.5. The third kappa shape index (κ3) is 7.21. The lowest BCUT2D eigenvalue weighted by Gasteiger charge is -2.32. The van der Waals surface area contributed by atoms with Crippen LogP contribution in [-0.2, 0) is 26.2 Å². The van der Waals surface area contributed by atoms with Gasteiger partial charge in [0.25, 0.3) is 0 Å². The number of ether oxygens (including phenoxy) is 2. The molecule has 202 valence electrons. The fourth-order valence-corrected chi connectivity index (χ4v) is 5.24. The highest BCUT2D eigenvalue weighted by molar-refractivity contribution is 7.92. The highest BCUT2D eigenvalue weighted by Gasteiger charge is 2.32. The zero-order chi connectivity index (χ0) is 27.2. The van der Waals surface area contributed by atoms with Crippen LogP contribution in [0.15, 0.2) is 36.4 Å². The van der Waals surface area contributed by atoms with Crippen LogP contribution in [0.25, 0.3) is 0 Å². The molecule has 2 aromatic carbocycles. The van der Waals surface area contributed by atoms with E-state index in [1.54, 1.807) is 37.3 Å². The van der Waals surface area contributed by atoms with Gasteiger partial charge >= 0.3 is 0 Å². The Hall–Kier alpha value is -2.69. The Balaban J connectivity index is 1.96. The number of sulfonamides is 1. The minimum absolute atomic E-state index is 0.0172. The summed E-state index contributed by atoms with van der Waals surface area (Å²) in [5.41, 5.74) is 0.825. The number of nitrogens with one attached hydrogen (secondary N) is 1. The number of carbonyl (C=O) groups excluding carboxylic acids is 2. The molecule has 0 saturated carbocycles. The van der Waals surface area contributed by atoms with E-state index in [1.165, 1.54) is 17.9 Å².